The molecule has 3 rings (SSSR count). The van der Waals surface area contributed by atoms with E-state index in [-0.39, 0.29) is 11.8 Å². The van der Waals surface area contributed by atoms with Gasteiger partial charge in [0.1, 0.15) is 0 Å². The van der Waals surface area contributed by atoms with Crippen molar-refractivity contribution in [2.75, 3.05) is 10.6 Å². The van der Waals surface area contributed by atoms with E-state index in [4.69, 9.17) is 0 Å². The number of hydrogen-bond donors (Lipinski definition) is 2. The number of nitrogens with zero attached hydrogens (tertiary/aromatic N) is 1. The van der Waals surface area contributed by atoms with Crippen LogP contribution in [-0.2, 0) is 11.3 Å². The first-order valence-corrected chi connectivity index (χ1v) is 8.74. The third-order valence-corrected chi connectivity index (χ3v) is 4.44. The van der Waals surface area contributed by atoms with Crippen molar-refractivity contribution in [3.63, 3.8) is 0 Å². The van der Waals surface area contributed by atoms with E-state index < -0.39 is 0 Å². The van der Waals surface area contributed by atoms with Gasteiger partial charge in [-0.3, -0.25) is 9.78 Å². The van der Waals surface area contributed by atoms with E-state index in [1.807, 2.05) is 61.5 Å². The number of carbonyl (C=O) groups excluding carboxylic acids is 1. The topological polar surface area (TPSA) is 54.0 Å². The van der Waals surface area contributed by atoms with Crippen LogP contribution >= 0.6 is 0 Å². The monoisotopic (exact) mass is 345 g/mol. The molecule has 3 aromatic rings. The van der Waals surface area contributed by atoms with Crippen molar-refractivity contribution < 1.29 is 4.79 Å². The second kappa shape index (κ2) is 8.30. The summed E-state index contributed by atoms with van der Waals surface area (Å²) in [5.74, 6) is -0.394. The summed E-state index contributed by atoms with van der Waals surface area (Å²) in [5, 5.41) is 6.44. The van der Waals surface area contributed by atoms with Crippen molar-refractivity contribution in [2.24, 2.45) is 0 Å². The molecule has 2 N–H and O–H groups in total. The molecule has 1 amide bonds. The molecule has 132 valence electrons. The number of benzene rings is 2. The maximum atomic E-state index is 12.6. The maximum absolute atomic E-state index is 12.6. The molecule has 1 heterocycles. The average Bonchev–Trinajstić information content (AvgIpc) is 2.68. The SMILES string of the molecule is Cc1ccccc1CNc1ccccc1NC(=O)[C@@H](C)c1ccccn1. The Morgan fingerprint density at radius 3 is 2.38 bits per heavy atom. The number of pyridine rings is 1. The highest BCUT2D eigenvalue weighted by atomic mass is 16.1. The van der Waals surface area contributed by atoms with Crippen LogP contribution in [0.4, 0.5) is 11.4 Å². The third-order valence-electron chi connectivity index (χ3n) is 4.44. The van der Waals surface area contributed by atoms with Crippen molar-refractivity contribution >= 4 is 17.3 Å². The molecule has 0 fully saturated rings. The number of amides is 1. The van der Waals surface area contributed by atoms with Crippen LogP contribution in [0.1, 0.15) is 29.7 Å². The lowest BCUT2D eigenvalue weighted by Gasteiger charge is -2.16. The molecule has 0 aliphatic carbocycles. The molecular formula is C22H23N3O. The molecular weight excluding hydrogens is 322 g/mol. The first-order chi connectivity index (χ1) is 12.6. The van der Waals surface area contributed by atoms with E-state index in [0.29, 0.717) is 6.54 Å². The molecule has 26 heavy (non-hydrogen) atoms. The molecule has 0 radical (unpaired) electrons. The van der Waals surface area contributed by atoms with Crippen LogP contribution < -0.4 is 10.6 Å². The number of nitrogens with one attached hydrogen (secondary N) is 2. The molecule has 1 aromatic heterocycles. The summed E-state index contributed by atoms with van der Waals surface area (Å²) in [5.41, 5.74) is 4.90. The fourth-order valence-corrected chi connectivity index (χ4v) is 2.75. The number of carbonyl (C=O) groups is 1. The number of rotatable bonds is 6. The Labute approximate surface area is 154 Å². The van der Waals surface area contributed by atoms with Crippen LogP contribution in [0, 0.1) is 6.92 Å². The zero-order chi connectivity index (χ0) is 18.4. The van der Waals surface area contributed by atoms with E-state index in [9.17, 15) is 4.79 Å². The molecule has 0 aliphatic rings. The zero-order valence-corrected chi connectivity index (χ0v) is 15.1. The van der Waals surface area contributed by atoms with Crippen LogP contribution in [-0.4, -0.2) is 10.9 Å². The predicted molar refractivity (Wildman–Crippen MR) is 106 cm³/mol. The minimum absolute atomic E-state index is 0.0751. The minimum atomic E-state index is -0.319. The van der Waals surface area contributed by atoms with Crippen LogP contribution in [0.2, 0.25) is 0 Å². The Hall–Kier alpha value is -3.14. The van der Waals surface area contributed by atoms with Crippen molar-refractivity contribution in [2.45, 2.75) is 26.3 Å². The van der Waals surface area contributed by atoms with E-state index in [1.165, 1.54) is 11.1 Å². The lowest BCUT2D eigenvalue weighted by atomic mass is 10.1. The Bertz CT molecular complexity index is 877. The van der Waals surface area contributed by atoms with Crippen molar-refractivity contribution in [1.82, 2.24) is 4.98 Å². The molecule has 0 unspecified atom stereocenters. The number of aryl methyl sites for hydroxylation is 1. The van der Waals surface area contributed by atoms with Crippen LogP contribution in [0.5, 0.6) is 0 Å². The summed E-state index contributed by atoms with van der Waals surface area (Å²) in [6, 6.07) is 21.6. The van der Waals surface area contributed by atoms with Gasteiger partial charge in [0.05, 0.1) is 23.0 Å². The van der Waals surface area contributed by atoms with Gasteiger partial charge >= 0.3 is 0 Å². The number of hydrogen-bond acceptors (Lipinski definition) is 3. The van der Waals surface area contributed by atoms with Gasteiger partial charge in [0.25, 0.3) is 0 Å². The Balaban J connectivity index is 1.71. The smallest absolute Gasteiger partial charge is 0.233 e. The minimum Gasteiger partial charge on any atom is -0.379 e. The van der Waals surface area contributed by atoms with E-state index in [1.54, 1.807) is 6.20 Å². The average molecular weight is 345 g/mol. The van der Waals surface area contributed by atoms with Gasteiger partial charge in [-0.05, 0) is 49.2 Å². The third kappa shape index (κ3) is 4.28. The van der Waals surface area contributed by atoms with E-state index in [0.717, 1.165) is 17.1 Å². The summed E-state index contributed by atoms with van der Waals surface area (Å²) in [7, 11) is 0. The Kier molecular flexibility index (Phi) is 5.64. The molecule has 4 heteroatoms. The maximum Gasteiger partial charge on any atom is 0.233 e. The second-order valence-electron chi connectivity index (χ2n) is 6.29. The summed E-state index contributed by atoms with van der Waals surface area (Å²) in [6.07, 6.45) is 1.71. The van der Waals surface area contributed by atoms with Gasteiger partial charge in [0.2, 0.25) is 5.91 Å². The van der Waals surface area contributed by atoms with Crippen molar-refractivity contribution in [3.8, 4) is 0 Å². The molecule has 2 aromatic carbocycles. The molecule has 0 aliphatic heterocycles. The van der Waals surface area contributed by atoms with Crippen LogP contribution in [0.15, 0.2) is 72.9 Å². The summed E-state index contributed by atoms with van der Waals surface area (Å²) in [4.78, 5) is 16.9. The van der Waals surface area contributed by atoms with Gasteiger partial charge in [-0.15, -0.1) is 0 Å². The number of anilines is 2. The zero-order valence-electron chi connectivity index (χ0n) is 15.1. The number of aromatic nitrogens is 1. The Morgan fingerprint density at radius 1 is 0.962 bits per heavy atom. The molecule has 0 bridgehead atoms. The fraction of sp³-hybridized carbons (Fsp3) is 0.182. The second-order valence-corrected chi connectivity index (χ2v) is 6.29. The van der Waals surface area contributed by atoms with Gasteiger partial charge in [-0.1, -0.05) is 42.5 Å². The standard InChI is InChI=1S/C22H23N3O/c1-16-9-3-4-10-18(16)15-24-20-12-5-6-13-21(20)25-22(26)17(2)19-11-7-8-14-23-19/h3-14,17,24H,15H2,1-2H3,(H,25,26)/t17-/m0/s1. The molecule has 1 atom stereocenters. The van der Waals surface area contributed by atoms with E-state index in [2.05, 4.69) is 34.7 Å². The first-order valence-electron chi connectivity index (χ1n) is 8.74. The van der Waals surface area contributed by atoms with Crippen LogP contribution in [0.25, 0.3) is 0 Å². The fourth-order valence-electron chi connectivity index (χ4n) is 2.75. The first kappa shape index (κ1) is 17.7. The molecule has 0 saturated carbocycles. The normalized spacial score (nSPS) is 11.6. The number of para-hydroxylation sites is 2. The van der Waals surface area contributed by atoms with Gasteiger partial charge in [-0.25, -0.2) is 0 Å². The summed E-state index contributed by atoms with van der Waals surface area (Å²) >= 11 is 0. The highest BCUT2D eigenvalue weighted by molar-refractivity contribution is 5.97. The van der Waals surface area contributed by atoms with Gasteiger partial charge in [-0.2, -0.15) is 0 Å². The van der Waals surface area contributed by atoms with Gasteiger partial charge < -0.3 is 10.6 Å². The quantitative estimate of drug-likeness (QED) is 0.678. The lowest BCUT2D eigenvalue weighted by Crippen LogP contribution is -2.20. The predicted octanol–water partition coefficient (Wildman–Crippen LogP) is 4.74. The van der Waals surface area contributed by atoms with Crippen molar-refractivity contribution in [3.05, 3.63) is 89.7 Å². The van der Waals surface area contributed by atoms with Gasteiger partial charge in [0, 0.05) is 12.7 Å². The highest BCUT2D eigenvalue weighted by Gasteiger charge is 2.17. The summed E-state index contributed by atoms with van der Waals surface area (Å²) < 4.78 is 0. The molecule has 4 nitrogen and oxygen atoms in total. The van der Waals surface area contributed by atoms with Crippen LogP contribution in [0.3, 0.4) is 0 Å². The highest BCUT2D eigenvalue weighted by Crippen LogP contribution is 2.24. The Morgan fingerprint density at radius 2 is 1.65 bits per heavy atom. The van der Waals surface area contributed by atoms with Gasteiger partial charge in [0.15, 0.2) is 0 Å². The molecule has 0 spiro atoms. The van der Waals surface area contributed by atoms with E-state index >= 15 is 0 Å². The lowest BCUT2D eigenvalue weighted by molar-refractivity contribution is -0.117. The largest absolute Gasteiger partial charge is 0.379 e. The molecule has 0 saturated heterocycles. The van der Waals surface area contributed by atoms with Crippen molar-refractivity contribution in [1.29, 1.82) is 0 Å². The summed E-state index contributed by atoms with van der Waals surface area (Å²) in [6.45, 7) is 4.66.